The zero-order chi connectivity index (χ0) is 18.9. The second-order valence-corrected chi connectivity index (χ2v) is 5.83. The Morgan fingerprint density at radius 2 is 1.81 bits per heavy atom. The van der Waals surface area contributed by atoms with E-state index in [1.165, 1.54) is 18.2 Å². The van der Waals surface area contributed by atoms with Crippen molar-refractivity contribution in [2.75, 3.05) is 18.5 Å². The average Bonchev–Trinajstić information content (AvgIpc) is 2.62. The summed E-state index contributed by atoms with van der Waals surface area (Å²) < 4.78 is 19.0. The fourth-order valence-electron chi connectivity index (χ4n) is 2.18. The maximum Gasteiger partial charge on any atom is 0.262 e. The molecule has 0 aliphatic heterocycles. The number of hydrogen-bond donors (Lipinski definition) is 3. The molecule has 1 unspecified atom stereocenters. The Kier molecular flexibility index (Phi) is 9.25. The second-order valence-electron chi connectivity index (χ2n) is 5.83. The number of nitrogens with two attached hydrogens (primary N) is 1. The molecule has 2 rings (SSSR count). The van der Waals surface area contributed by atoms with Gasteiger partial charge in [0, 0.05) is 12.6 Å². The minimum absolute atomic E-state index is 0. The Morgan fingerprint density at radius 3 is 2.52 bits per heavy atom. The van der Waals surface area contributed by atoms with Crippen LogP contribution in [-0.2, 0) is 4.79 Å². The number of ether oxygens (including phenoxy) is 1. The molecule has 2 aromatic carbocycles. The van der Waals surface area contributed by atoms with E-state index in [4.69, 9.17) is 10.5 Å². The summed E-state index contributed by atoms with van der Waals surface area (Å²) in [5.74, 6) is -1.10. The first kappa shape index (κ1) is 22.4. The first-order valence-corrected chi connectivity index (χ1v) is 8.27. The van der Waals surface area contributed by atoms with Gasteiger partial charge in [-0.05, 0) is 37.6 Å². The number of hydrogen-bond acceptors (Lipinski definition) is 4. The van der Waals surface area contributed by atoms with E-state index in [9.17, 15) is 14.0 Å². The van der Waals surface area contributed by atoms with Crippen LogP contribution in [0, 0.1) is 5.82 Å². The number of halogens is 2. The number of anilines is 1. The summed E-state index contributed by atoms with van der Waals surface area (Å²) in [6.45, 7) is 1.95. The molecule has 0 saturated heterocycles. The van der Waals surface area contributed by atoms with Crippen LogP contribution < -0.4 is 21.1 Å². The molecular weight excluding hydrogens is 373 g/mol. The Hall–Kier alpha value is -2.64. The highest BCUT2D eigenvalue weighted by Crippen LogP contribution is 2.18. The van der Waals surface area contributed by atoms with Crippen LogP contribution >= 0.6 is 12.4 Å². The molecular formula is C19H23ClFN3O3. The van der Waals surface area contributed by atoms with Crippen LogP contribution in [0.15, 0.2) is 48.5 Å². The fourth-order valence-corrected chi connectivity index (χ4v) is 2.18. The summed E-state index contributed by atoms with van der Waals surface area (Å²) in [6.07, 6.45) is 0.653. The highest BCUT2D eigenvalue weighted by atomic mass is 35.5. The lowest BCUT2D eigenvalue weighted by Gasteiger charge is -2.12. The van der Waals surface area contributed by atoms with E-state index in [1.807, 2.05) is 6.92 Å². The Balaban J connectivity index is 0.00000364. The van der Waals surface area contributed by atoms with Gasteiger partial charge in [-0.1, -0.05) is 24.3 Å². The van der Waals surface area contributed by atoms with Crippen LogP contribution in [-0.4, -0.2) is 31.0 Å². The molecule has 0 aliphatic carbocycles. The largest absolute Gasteiger partial charge is 0.483 e. The van der Waals surface area contributed by atoms with Crippen molar-refractivity contribution in [1.82, 2.24) is 5.32 Å². The van der Waals surface area contributed by atoms with Gasteiger partial charge in [0.05, 0.1) is 11.3 Å². The van der Waals surface area contributed by atoms with Gasteiger partial charge in [-0.2, -0.15) is 0 Å². The van der Waals surface area contributed by atoms with E-state index in [1.54, 1.807) is 30.3 Å². The third kappa shape index (κ3) is 7.24. The molecule has 2 aromatic rings. The van der Waals surface area contributed by atoms with Crippen molar-refractivity contribution in [3.8, 4) is 5.75 Å². The lowest BCUT2D eigenvalue weighted by Crippen LogP contribution is -2.29. The molecule has 4 N–H and O–H groups in total. The molecule has 1 atom stereocenters. The molecule has 0 radical (unpaired) electrons. The third-order valence-corrected chi connectivity index (χ3v) is 3.52. The van der Waals surface area contributed by atoms with E-state index in [0.29, 0.717) is 18.5 Å². The minimum Gasteiger partial charge on any atom is -0.483 e. The summed E-state index contributed by atoms with van der Waals surface area (Å²) in [7, 11) is 0. The van der Waals surface area contributed by atoms with Crippen LogP contribution in [0.25, 0.3) is 0 Å². The first-order valence-electron chi connectivity index (χ1n) is 8.27. The topological polar surface area (TPSA) is 93.4 Å². The van der Waals surface area contributed by atoms with Gasteiger partial charge in [-0.3, -0.25) is 9.59 Å². The van der Waals surface area contributed by atoms with Gasteiger partial charge in [-0.25, -0.2) is 4.39 Å². The standard InChI is InChI=1S/C19H22FN3O3.ClH/c1-13(21)10-11-22-19(25)14-6-2-5-9-17(14)26-12-18(24)23-16-8-4-3-7-15(16)20;/h2-9,13H,10-12,21H2,1H3,(H,22,25)(H,23,24);1H. The molecule has 0 saturated carbocycles. The molecule has 0 heterocycles. The van der Waals surface area contributed by atoms with E-state index in [-0.39, 0.29) is 42.4 Å². The Morgan fingerprint density at radius 1 is 1.15 bits per heavy atom. The Labute approximate surface area is 163 Å². The van der Waals surface area contributed by atoms with Crippen molar-refractivity contribution >= 4 is 29.9 Å². The average molecular weight is 396 g/mol. The van der Waals surface area contributed by atoms with Gasteiger partial charge in [0.15, 0.2) is 6.61 Å². The SMILES string of the molecule is CC(N)CCNC(=O)c1ccccc1OCC(=O)Nc1ccccc1F.Cl. The smallest absolute Gasteiger partial charge is 0.262 e. The first-order chi connectivity index (χ1) is 12.5. The molecule has 0 bridgehead atoms. The van der Waals surface area contributed by atoms with Gasteiger partial charge in [0.1, 0.15) is 11.6 Å². The van der Waals surface area contributed by atoms with Crippen LogP contribution in [0.4, 0.5) is 10.1 Å². The number of benzene rings is 2. The third-order valence-electron chi connectivity index (χ3n) is 3.52. The van der Waals surface area contributed by atoms with E-state index >= 15 is 0 Å². The van der Waals surface area contributed by atoms with Gasteiger partial charge in [0.25, 0.3) is 11.8 Å². The zero-order valence-electron chi connectivity index (χ0n) is 14.9. The number of carbonyl (C=O) groups is 2. The monoisotopic (exact) mass is 395 g/mol. The van der Waals surface area contributed by atoms with Crippen molar-refractivity contribution in [2.24, 2.45) is 5.73 Å². The maximum absolute atomic E-state index is 13.5. The van der Waals surface area contributed by atoms with Crippen molar-refractivity contribution < 1.29 is 18.7 Å². The van der Waals surface area contributed by atoms with Crippen molar-refractivity contribution in [1.29, 1.82) is 0 Å². The summed E-state index contributed by atoms with van der Waals surface area (Å²) in [5, 5.41) is 5.18. The maximum atomic E-state index is 13.5. The minimum atomic E-state index is -0.533. The molecule has 2 amide bonds. The van der Waals surface area contributed by atoms with Gasteiger partial charge >= 0.3 is 0 Å². The number of carbonyl (C=O) groups excluding carboxylic acids is 2. The van der Waals surface area contributed by atoms with E-state index < -0.39 is 11.7 Å². The summed E-state index contributed by atoms with van der Waals surface area (Å²) in [4.78, 5) is 24.2. The van der Waals surface area contributed by atoms with Crippen LogP contribution in [0.2, 0.25) is 0 Å². The number of amides is 2. The number of nitrogens with one attached hydrogen (secondary N) is 2. The molecule has 0 aromatic heterocycles. The van der Waals surface area contributed by atoms with Crippen molar-refractivity contribution in [2.45, 2.75) is 19.4 Å². The fraction of sp³-hybridized carbons (Fsp3) is 0.263. The summed E-state index contributed by atoms with van der Waals surface area (Å²) in [6, 6.07) is 12.4. The number of para-hydroxylation sites is 2. The molecule has 0 aliphatic rings. The quantitative estimate of drug-likeness (QED) is 0.640. The summed E-state index contributed by atoms with van der Waals surface area (Å²) in [5.41, 5.74) is 6.04. The lowest BCUT2D eigenvalue weighted by molar-refractivity contribution is -0.118. The van der Waals surface area contributed by atoms with Crippen LogP contribution in [0.3, 0.4) is 0 Å². The molecule has 27 heavy (non-hydrogen) atoms. The highest BCUT2D eigenvalue weighted by molar-refractivity contribution is 5.97. The Bertz CT molecular complexity index is 771. The highest BCUT2D eigenvalue weighted by Gasteiger charge is 2.14. The van der Waals surface area contributed by atoms with Crippen molar-refractivity contribution in [3.05, 3.63) is 59.9 Å². The van der Waals surface area contributed by atoms with E-state index in [0.717, 1.165) is 0 Å². The van der Waals surface area contributed by atoms with Crippen LogP contribution in [0.1, 0.15) is 23.7 Å². The molecule has 0 fully saturated rings. The predicted octanol–water partition coefficient (Wildman–Crippen LogP) is 2.73. The molecule has 8 heteroatoms. The second kappa shape index (κ2) is 11.2. The van der Waals surface area contributed by atoms with Crippen LogP contribution in [0.5, 0.6) is 5.75 Å². The molecule has 0 spiro atoms. The zero-order valence-corrected chi connectivity index (χ0v) is 15.7. The molecule has 146 valence electrons. The predicted molar refractivity (Wildman–Crippen MR) is 105 cm³/mol. The van der Waals surface area contributed by atoms with Gasteiger partial charge < -0.3 is 21.1 Å². The van der Waals surface area contributed by atoms with Crippen molar-refractivity contribution in [3.63, 3.8) is 0 Å². The normalized spacial score (nSPS) is 11.1. The summed E-state index contributed by atoms with van der Waals surface area (Å²) >= 11 is 0. The van der Waals surface area contributed by atoms with Gasteiger partial charge in [0.2, 0.25) is 0 Å². The lowest BCUT2D eigenvalue weighted by atomic mass is 10.2. The van der Waals surface area contributed by atoms with Gasteiger partial charge in [-0.15, -0.1) is 12.4 Å². The number of rotatable bonds is 8. The van der Waals surface area contributed by atoms with E-state index in [2.05, 4.69) is 10.6 Å². The molecule has 6 nitrogen and oxygen atoms in total.